The first-order chi connectivity index (χ1) is 9.69. The van der Waals surface area contributed by atoms with Crippen molar-refractivity contribution in [1.29, 1.82) is 0 Å². The first-order valence-electron chi connectivity index (χ1n) is 7.13. The fraction of sp³-hybridized carbons (Fsp3) is 0.353. The van der Waals surface area contributed by atoms with Crippen LogP contribution in [0.4, 0.5) is 0 Å². The minimum atomic E-state index is -0.00528. The largest absolute Gasteiger partial charge is 0.369 e. The molecule has 1 aliphatic heterocycles. The number of hydrogen-bond donors (Lipinski definition) is 0. The Kier molecular flexibility index (Phi) is 4.61. The molecule has 1 atom stereocenters. The average Bonchev–Trinajstić information content (AvgIpc) is 2.49. The molecule has 0 saturated heterocycles. The summed E-state index contributed by atoms with van der Waals surface area (Å²) in [6, 6.07) is 10.2. The maximum absolute atomic E-state index is 12.7. The first-order valence-corrected chi connectivity index (χ1v) is 7.13. The summed E-state index contributed by atoms with van der Waals surface area (Å²) in [5.74, 6) is 0.125. The Balaban J connectivity index is 2.36. The molecule has 3 nitrogen and oxygen atoms in total. The van der Waals surface area contributed by atoms with Crippen LogP contribution in [0.5, 0.6) is 0 Å². The van der Waals surface area contributed by atoms with Gasteiger partial charge in [0.1, 0.15) is 0 Å². The molecule has 0 unspecified atom stereocenters. The van der Waals surface area contributed by atoms with Crippen LogP contribution in [-0.2, 0) is 4.79 Å². The van der Waals surface area contributed by atoms with Crippen molar-refractivity contribution in [3.05, 3.63) is 59.8 Å². The number of amides is 1. The summed E-state index contributed by atoms with van der Waals surface area (Å²) in [5.41, 5.74) is 1.98. The maximum atomic E-state index is 12.7. The Morgan fingerprint density at radius 1 is 1.20 bits per heavy atom. The van der Waals surface area contributed by atoms with E-state index in [9.17, 15) is 4.79 Å². The van der Waals surface area contributed by atoms with Gasteiger partial charge in [0.15, 0.2) is 0 Å². The molecule has 0 saturated carbocycles. The molecule has 0 bridgehead atoms. The van der Waals surface area contributed by atoms with Crippen molar-refractivity contribution < 1.29 is 4.79 Å². The van der Waals surface area contributed by atoms with Gasteiger partial charge in [-0.25, -0.2) is 0 Å². The Labute approximate surface area is 121 Å². The van der Waals surface area contributed by atoms with Crippen LogP contribution in [0, 0.1) is 0 Å². The number of benzene rings is 1. The summed E-state index contributed by atoms with van der Waals surface area (Å²) >= 11 is 0. The molecule has 2 rings (SSSR count). The Bertz CT molecular complexity index is 515. The summed E-state index contributed by atoms with van der Waals surface area (Å²) in [6.07, 6.45) is 5.89. The van der Waals surface area contributed by atoms with Gasteiger partial charge in [-0.05, 0) is 37.8 Å². The third kappa shape index (κ3) is 2.77. The number of allylic oxidation sites excluding steroid dienone is 2. The highest BCUT2D eigenvalue weighted by Crippen LogP contribution is 2.31. The zero-order valence-electron chi connectivity index (χ0n) is 12.4. The lowest BCUT2D eigenvalue weighted by molar-refractivity contribution is -0.127. The van der Waals surface area contributed by atoms with Gasteiger partial charge in [0.05, 0.1) is 6.04 Å². The van der Waals surface area contributed by atoms with Gasteiger partial charge in [-0.2, -0.15) is 0 Å². The highest BCUT2D eigenvalue weighted by molar-refractivity contribution is 5.95. The minimum absolute atomic E-state index is 0.00528. The van der Waals surface area contributed by atoms with Crippen LogP contribution in [0.15, 0.2) is 54.3 Å². The van der Waals surface area contributed by atoms with E-state index in [2.05, 4.69) is 17.0 Å². The number of carbonyl (C=O) groups excluding carboxylic acids is 1. The molecule has 0 N–H and O–H groups in total. The van der Waals surface area contributed by atoms with Crippen LogP contribution in [0.1, 0.15) is 25.5 Å². The van der Waals surface area contributed by atoms with E-state index >= 15 is 0 Å². The van der Waals surface area contributed by atoms with Gasteiger partial charge < -0.3 is 9.80 Å². The predicted molar refractivity (Wildman–Crippen MR) is 82.1 cm³/mol. The quantitative estimate of drug-likeness (QED) is 0.839. The van der Waals surface area contributed by atoms with Crippen molar-refractivity contribution >= 4 is 5.91 Å². The van der Waals surface area contributed by atoms with E-state index in [1.54, 1.807) is 0 Å². The zero-order valence-corrected chi connectivity index (χ0v) is 12.4. The molecule has 20 heavy (non-hydrogen) atoms. The lowest BCUT2D eigenvalue weighted by Crippen LogP contribution is -2.37. The summed E-state index contributed by atoms with van der Waals surface area (Å²) in [7, 11) is 2.01. The first kappa shape index (κ1) is 14.4. The molecule has 0 aliphatic carbocycles. The molecule has 0 radical (unpaired) electrons. The summed E-state index contributed by atoms with van der Waals surface area (Å²) < 4.78 is 0. The van der Waals surface area contributed by atoms with Gasteiger partial charge in [0, 0.05) is 25.7 Å². The van der Waals surface area contributed by atoms with Gasteiger partial charge in [-0.15, -0.1) is 0 Å². The Morgan fingerprint density at radius 3 is 2.45 bits per heavy atom. The van der Waals surface area contributed by atoms with Gasteiger partial charge in [-0.3, -0.25) is 4.79 Å². The van der Waals surface area contributed by atoms with E-state index in [4.69, 9.17) is 0 Å². The van der Waals surface area contributed by atoms with Gasteiger partial charge in [-0.1, -0.05) is 30.3 Å². The van der Waals surface area contributed by atoms with Crippen LogP contribution < -0.4 is 0 Å². The lowest BCUT2D eigenvalue weighted by Gasteiger charge is -2.33. The lowest BCUT2D eigenvalue weighted by atomic mass is 9.94. The predicted octanol–water partition coefficient (Wildman–Crippen LogP) is 2.98. The van der Waals surface area contributed by atoms with Crippen molar-refractivity contribution in [2.45, 2.75) is 19.9 Å². The van der Waals surface area contributed by atoms with E-state index in [1.807, 2.05) is 62.3 Å². The molecule has 1 aliphatic rings. The SMILES string of the molecule is CCN(CC)C(=O)C1=CC=CN(C)[C@@H]1c1ccccc1. The van der Waals surface area contributed by atoms with Crippen molar-refractivity contribution in [3.8, 4) is 0 Å². The second kappa shape index (κ2) is 6.42. The smallest absolute Gasteiger partial charge is 0.252 e. The standard InChI is InChI=1S/C17H22N2O/c1-4-19(5-2)17(20)15-12-9-13-18(3)16(15)14-10-7-6-8-11-14/h6-13,16H,4-5H2,1-3H3/t16-/m1/s1. The average molecular weight is 270 g/mol. The number of hydrogen-bond acceptors (Lipinski definition) is 2. The second-order valence-electron chi connectivity index (χ2n) is 4.92. The highest BCUT2D eigenvalue weighted by Gasteiger charge is 2.28. The van der Waals surface area contributed by atoms with Crippen molar-refractivity contribution in [3.63, 3.8) is 0 Å². The molecule has 1 amide bonds. The van der Waals surface area contributed by atoms with Crippen molar-refractivity contribution in [2.24, 2.45) is 0 Å². The number of likely N-dealkylation sites (N-methyl/N-ethyl adjacent to an activating group) is 2. The molecular weight excluding hydrogens is 248 g/mol. The zero-order chi connectivity index (χ0) is 14.5. The van der Waals surface area contributed by atoms with E-state index in [0.717, 1.165) is 24.2 Å². The Morgan fingerprint density at radius 2 is 1.85 bits per heavy atom. The van der Waals surface area contributed by atoms with Crippen molar-refractivity contribution in [2.75, 3.05) is 20.1 Å². The molecule has 0 spiro atoms. The summed E-state index contributed by atoms with van der Waals surface area (Å²) in [5, 5.41) is 0. The van der Waals surface area contributed by atoms with Gasteiger partial charge in [0.25, 0.3) is 5.91 Å². The minimum Gasteiger partial charge on any atom is -0.369 e. The monoisotopic (exact) mass is 270 g/mol. The molecule has 0 aromatic heterocycles. The maximum Gasteiger partial charge on any atom is 0.252 e. The molecule has 106 valence electrons. The highest BCUT2D eigenvalue weighted by atomic mass is 16.2. The molecular formula is C17H22N2O. The molecule has 1 aromatic rings. The van der Waals surface area contributed by atoms with Crippen LogP contribution in [0.25, 0.3) is 0 Å². The molecule has 0 fully saturated rings. The van der Waals surface area contributed by atoms with Crippen molar-refractivity contribution in [1.82, 2.24) is 9.80 Å². The van der Waals surface area contributed by atoms with E-state index in [-0.39, 0.29) is 11.9 Å². The van der Waals surface area contributed by atoms with E-state index in [1.165, 1.54) is 0 Å². The fourth-order valence-corrected chi connectivity index (χ4v) is 2.61. The summed E-state index contributed by atoms with van der Waals surface area (Å²) in [4.78, 5) is 16.6. The van der Waals surface area contributed by atoms with E-state index < -0.39 is 0 Å². The number of carbonyl (C=O) groups is 1. The van der Waals surface area contributed by atoms with Gasteiger partial charge >= 0.3 is 0 Å². The van der Waals surface area contributed by atoms with Crippen LogP contribution in [0.2, 0.25) is 0 Å². The molecule has 1 heterocycles. The molecule has 3 heteroatoms. The molecule has 1 aromatic carbocycles. The van der Waals surface area contributed by atoms with Gasteiger partial charge in [0.2, 0.25) is 0 Å². The Hall–Kier alpha value is -2.03. The fourth-order valence-electron chi connectivity index (χ4n) is 2.61. The topological polar surface area (TPSA) is 23.6 Å². The normalized spacial score (nSPS) is 17.9. The number of nitrogens with zero attached hydrogens (tertiary/aromatic N) is 2. The third-order valence-corrected chi connectivity index (χ3v) is 3.71. The third-order valence-electron chi connectivity index (χ3n) is 3.71. The second-order valence-corrected chi connectivity index (χ2v) is 4.92. The van der Waals surface area contributed by atoms with Crippen LogP contribution >= 0.6 is 0 Å². The van der Waals surface area contributed by atoms with Crippen LogP contribution in [0.3, 0.4) is 0 Å². The van der Waals surface area contributed by atoms with Crippen LogP contribution in [-0.4, -0.2) is 35.8 Å². The number of rotatable bonds is 4. The van der Waals surface area contributed by atoms with E-state index in [0.29, 0.717) is 0 Å². The summed E-state index contributed by atoms with van der Waals surface area (Å²) in [6.45, 7) is 5.51.